The highest BCUT2D eigenvalue weighted by Crippen LogP contribution is 2.25. The van der Waals surface area contributed by atoms with Gasteiger partial charge in [-0.3, -0.25) is 4.84 Å². The lowest BCUT2D eigenvalue weighted by molar-refractivity contribution is 0.0322. The average Bonchev–Trinajstić information content (AvgIpc) is 3.04. The molecular formula is C16H15F2N3O. The maximum atomic E-state index is 13.1. The van der Waals surface area contributed by atoms with E-state index in [1.807, 2.05) is 0 Å². The smallest absolute Gasteiger partial charge is 0.215 e. The molecule has 0 bridgehead atoms. The maximum absolute atomic E-state index is 13.1. The van der Waals surface area contributed by atoms with Gasteiger partial charge in [0, 0.05) is 6.54 Å². The topological polar surface area (TPSA) is 45.6 Å². The Morgan fingerprint density at radius 1 is 0.955 bits per heavy atom. The molecule has 1 aliphatic rings. The maximum Gasteiger partial charge on any atom is 0.215 e. The Hall–Kier alpha value is -2.47. The van der Waals surface area contributed by atoms with Gasteiger partial charge >= 0.3 is 0 Å². The summed E-state index contributed by atoms with van der Waals surface area (Å²) in [5.74, 6) is -0.0953. The van der Waals surface area contributed by atoms with Gasteiger partial charge in [0.25, 0.3) is 0 Å². The Labute approximate surface area is 126 Å². The standard InChI is InChI=1S/C16H15F2N3O/c17-13-5-1-11(2-6-13)15(12-3-7-14(18)8-4-12)22-21-16-19-9-10-20-16/h1-8,15H,9-10H2,(H2,19,20,21). The Bertz CT molecular complexity index is 611. The van der Waals surface area contributed by atoms with Gasteiger partial charge in [-0.25, -0.2) is 19.3 Å². The summed E-state index contributed by atoms with van der Waals surface area (Å²) < 4.78 is 26.2. The molecule has 0 aliphatic carbocycles. The molecule has 0 atom stereocenters. The summed E-state index contributed by atoms with van der Waals surface area (Å²) in [6.07, 6.45) is -0.508. The predicted octanol–water partition coefficient (Wildman–Crippen LogP) is 2.53. The van der Waals surface area contributed by atoms with Crippen molar-refractivity contribution in [3.8, 4) is 0 Å². The first-order valence-corrected chi connectivity index (χ1v) is 6.93. The lowest BCUT2D eigenvalue weighted by Gasteiger charge is -2.19. The van der Waals surface area contributed by atoms with Gasteiger partial charge in [-0.05, 0) is 35.4 Å². The van der Waals surface area contributed by atoms with Crippen molar-refractivity contribution in [2.45, 2.75) is 6.10 Å². The molecule has 0 saturated carbocycles. The molecule has 3 rings (SSSR count). The highest BCUT2D eigenvalue weighted by molar-refractivity contribution is 5.80. The second-order valence-corrected chi connectivity index (χ2v) is 4.86. The third kappa shape index (κ3) is 3.40. The van der Waals surface area contributed by atoms with Gasteiger partial charge in [0.2, 0.25) is 5.96 Å². The van der Waals surface area contributed by atoms with Crippen LogP contribution in [0.5, 0.6) is 0 Å². The second kappa shape index (κ2) is 6.53. The molecule has 0 unspecified atom stereocenters. The molecule has 2 aromatic carbocycles. The summed E-state index contributed by atoms with van der Waals surface area (Å²) in [6.45, 7) is 1.44. The second-order valence-electron chi connectivity index (χ2n) is 4.86. The molecule has 1 aliphatic heterocycles. The lowest BCUT2D eigenvalue weighted by Crippen LogP contribution is -2.35. The van der Waals surface area contributed by atoms with Gasteiger partial charge in [0.1, 0.15) is 17.7 Å². The van der Waals surface area contributed by atoms with E-state index < -0.39 is 6.10 Å². The first-order chi connectivity index (χ1) is 10.7. The zero-order valence-electron chi connectivity index (χ0n) is 11.7. The monoisotopic (exact) mass is 303 g/mol. The third-order valence-electron chi connectivity index (χ3n) is 3.29. The number of halogens is 2. The normalized spacial score (nSPS) is 13.9. The third-order valence-corrected chi connectivity index (χ3v) is 3.29. The molecule has 0 amide bonds. The molecular weight excluding hydrogens is 288 g/mol. The van der Waals surface area contributed by atoms with Crippen molar-refractivity contribution in [3.05, 3.63) is 71.3 Å². The molecule has 2 aromatic rings. The number of nitrogens with one attached hydrogen (secondary N) is 2. The van der Waals surface area contributed by atoms with E-state index in [9.17, 15) is 8.78 Å². The molecule has 1 heterocycles. The highest BCUT2D eigenvalue weighted by atomic mass is 19.1. The average molecular weight is 303 g/mol. The van der Waals surface area contributed by atoms with E-state index in [4.69, 9.17) is 4.84 Å². The van der Waals surface area contributed by atoms with Crippen LogP contribution in [0, 0.1) is 11.6 Å². The molecule has 0 spiro atoms. The fourth-order valence-electron chi connectivity index (χ4n) is 2.18. The Morgan fingerprint density at radius 3 is 1.95 bits per heavy atom. The highest BCUT2D eigenvalue weighted by Gasteiger charge is 2.17. The summed E-state index contributed by atoms with van der Waals surface area (Å²) in [5, 5.41) is 3.03. The van der Waals surface area contributed by atoms with Crippen LogP contribution in [-0.4, -0.2) is 19.0 Å². The molecule has 0 fully saturated rings. The molecule has 22 heavy (non-hydrogen) atoms. The fourth-order valence-corrected chi connectivity index (χ4v) is 2.18. The SMILES string of the molecule is Fc1ccc(C(ONC2=NCCN2)c2ccc(F)cc2)cc1. The number of hydrogen-bond acceptors (Lipinski definition) is 4. The molecule has 0 saturated heterocycles. The van der Waals surface area contributed by atoms with Crippen molar-refractivity contribution in [1.29, 1.82) is 0 Å². The van der Waals surface area contributed by atoms with Crippen molar-refractivity contribution >= 4 is 5.96 Å². The largest absolute Gasteiger partial charge is 0.353 e. The van der Waals surface area contributed by atoms with E-state index in [0.29, 0.717) is 12.5 Å². The minimum Gasteiger partial charge on any atom is -0.353 e. The van der Waals surface area contributed by atoms with Crippen LogP contribution in [0.2, 0.25) is 0 Å². The predicted molar refractivity (Wildman–Crippen MR) is 79.2 cm³/mol. The van der Waals surface area contributed by atoms with E-state index in [-0.39, 0.29) is 11.6 Å². The summed E-state index contributed by atoms with van der Waals surface area (Å²) in [5.41, 5.74) is 4.26. The van der Waals surface area contributed by atoms with Crippen LogP contribution in [0.1, 0.15) is 17.2 Å². The number of nitrogens with zero attached hydrogens (tertiary/aromatic N) is 1. The first kappa shape index (κ1) is 14.5. The van der Waals surface area contributed by atoms with Crippen LogP contribution in [0.3, 0.4) is 0 Å². The zero-order valence-corrected chi connectivity index (χ0v) is 11.7. The van der Waals surface area contributed by atoms with Crippen LogP contribution in [0.25, 0.3) is 0 Å². The van der Waals surface area contributed by atoms with E-state index in [2.05, 4.69) is 15.8 Å². The number of rotatable bonds is 4. The number of aliphatic imine (C=N–C) groups is 1. The summed E-state index contributed by atoms with van der Waals surface area (Å²) in [4.78, 5) is 9.86. The van der Waals surface area contributed by atoms with Crippen LogP contribution in [0.4, 0.5) is 8.78 Å². The van der Waals surface area contributed by atoms with E-state index in [0.717, 1.165) is 17.7 Å². The van der Waals surface area contributed by atoms with Gasteiger partial charge < -0.3 is 5.32 Å². The van der Waals surface area contributed by atoms with Gasteiger partial charge in [-0.1, -0.05) is 24.3 Å². The lowest BCUT2D eigenvalue weighted by atomic mass is 10.0. The summed E-state index contributed by atoms with van der Waals surface area (Å²) >= 11 is 0. The van der Waals surface area contributed by atoms with Gasteiger partial charge in [0.15, 0.2) is 0 Å². The Balaban J connectivity index is 1.83. The van der Waals surface area contributed by atoms with Crippen LogP contribution in [0.15, 0.2) is 53.5 Å². The van der Waals surface area contributed by atoms with Crippen molar-refractivity contribution < 1.29 is 13.6 Å². The summed E-state index contributed by atoms with van der Waals surface area (Å²) in [7, 11) is 0. The quantitative estimate of drug-likeness (QED) is 0.853. The van der Waals surface area contributed by atoms with Crippen molar-refractivity contribution in [3.63, 3.8) is 0 Å². The molecule has 0 radical (unpaired) electrons. The van der Waals surface area contributed by atoms with Crippen LogP contribution >= 0.6 is 0 Å². The molecule has 2 N–H and O–H groups in total. The minimum atomic E-state index is -0.508. The van der Waals surface area contributed by atoms with Gasteiger partial charge in [-0.2, -0.15) is 0 Å². The molecule has 4 nitrogen and oxygen atoms in total. The van der Waals surface area contributed by atoms with Gasteiger partial charge in [0.05, 0.1) is 6.54 Å². The van der Waals surface area contributed by atoms with E-state index in [1.54, 1.807) is 24.3 Å². The van der Waals surface area contributed by atoms with Crippen molar-refractivity contribution in [2.24, 2.45) is 4.99 Å². The minimum absolute atomic E-state index is 0.323. The molecule has 114 valence electrons. The Kier molecular flexibility index (Phi) is 4.29. The van der Waals surface area contributed by atoms with Crippen molar-refractivity contribution in [2.75, 3.05) is 13.1 Å². The van der Waals surface area contributed by atoms with Crippen molar-refractivity contribution in [1.82, 2.24) is 10.8 Å². The fraction of sp³-hybridized carbons (Fsp3) is 0.188. The zero-order chi connectivity index (χ0) is 15.4. The Morgan fingerprint density at radius 2 is 1.50 bits per heavy atom. The van der Waals surface area contributed by atoms with E-state index in [1.165, 1.54) is 24.3 Å². The molecule has 6 heteroatoms. The number of benzene rings is 2. The van der Waals surface area contributed by atoms with E-state index >= 15 is 0 Å². The number of hydrogen-bond donors (Lipinski definition) is 2. The first-order valence-electron chi connectivity index (χ1n) is 6.93. The number of guanidine groups is 1. The van der Waals surface area contributed by atoms with Crippen LogP contribution in [-0.2, 0) is 4.84 Å². The molecule has 0 aromatic heterocycles. The number of hydroxylamine groups is 1. The summed E-state index contributed by atoms with van der Waals surface area (Å²) in [6, 6.07) is 12.0. The van der Waals surface area contributed by atoms with Gasteiger partial charge in [-0.15, -0.1) is 0 Å². The van der Waals surface area contributed by atoms with Crippen LogP contribution < -0.4 is 10.8 Å².